The standard InChI is InChI=1S/C35H35N7O3/c1-41(2)33(43)22-42(3)16-17-45-32-19-28-30(20-31(32)44-4)38-34(25-12-10-24(11-13-25)23-8-6-5-7-9-23)39-35(28)37-27-14-15-29-26(18-27)21-36-40-29/h5-15,18-21H,16-17,22H2,1-4H3,(H,36,40)(H,37,38,39). The molecule has 2 N–H and O–H groups in total. The second-order valence-corrected chi connectivity index (χ2v) is 11.0. The van der Waals surface area contributed by atoms with Crippen molar-refractivity contribution in [2.45, 2.75) is 0 Å². The SMILES string of the molecule is COc1cc2nc(-c3ccc(-c4ccccc4)cc3)nc(Nc3ccc4[nH]ncc4c3)c2cc1OCCN(C)CC(=O)N(C)C. The zero-order chi connectivity index (χ0) is 31.3. The maximum Gasteiger partial charge on any atom is 0.236 e. The van der Waals surface area contributed by atoms with E-state index < -0.39 is 0 Å². The molecule has 0 fully saturated rings. The molecular weight excluding hydrogens is 566 g/mol. The molecule has 0 aliphatic heterocycles. The number of hydrogen-bond acceptors (Lipinski definition) is 8. The molecule has 0 radical (unpaired) electrons. The smallest absolute Gasteiger partial charge is 0.236 e. The molecule has 228 valence electrons. The summed E-state index contributed by atoms with van der Waals surface area (Å²) in [5.41, 5.74) is 5.67. The summed E-state index contributed by atoms with van der Waals surface area (Å²) in [6.07, 6.45) is 1.79. The molecule has 0 saturated carbocycles. The predicted molar refractivity (Wildman–Crippen MR) is 178 cm³/mol. The number of aromatic nitrogens is 4. The first-order chi connectivity index (χ1) is 21.9. The Bertz CT molecular complexity index is 1940. The monoisotopic (exact) mass is 601 g/mol. The first-order valence-electron chi connectivity index (χ1n) is 14.7. The number of aromatic amines is 1. The molecule has 0 saturated heterocycles. The molecule has 0 aliphatic carbocycles. The van der Waals surface area contributed by atoms with Gasteiger partial charge in [-0.25, -0.2) is 9.97 Å². The molecule has 0 atom stereocenters. The lowest BCUT2D eigenvalue weighted by Crippen LogP contribution is -2.36. The number of carbonyl (C=O) groups is 1. The van der Waals surface area contributed by atoms with Crippen molar-refractivity contribution in [2.75, 3.05) is 53.3 Å². The van der Waals surface area contributed by atoms with Crippen LogP contribution in [-0.4, -0.2) is 83.8 Å². The number of rotatable bonds is 11. The van der Waals surface area contributed by atoms with Crippen molar-refractivity contribution >= 4 is 39.2 Å². The van der Waals surface area contributed by atoms with E-state index in [1.165, 1.54) is 0 Å². The number of hydrogen-bond donors (Lipinski definition) is 2. The van der Waals surface area contributed by atoms with Gasteiger partial charge in [-0.1, -0.05) is 54.6 Å². The Balaban J connectivity index is 1.35. The number of ether oxygens (including phenoxy) is 2. The first kappa shape index (κ1) is 29.6. The fourth-order valence-corrected chi connectivity index (χ4v) is 5.00. The third kappa shape index (κ3) is 6.71. The minimum absolute atomic E-state index is 0.0350. The fraction of sp³-hybridized carbons (Fsp3) is 0.200. The van der Waals surface area contributed by atoms with Gasteiger partial charge < -0.3 is 19.7 Å². The van der Waals surface area contributed by atoms with Crippen molar-refractivity contribution in [3.05, 3.63) is 91.1 Å². The highest BCUT2D eigenvalue weighted by molar-refractivity contribution is 5.95. The maximum absolute atomic E-state index is 12.1. The quantitative estimate of drug-likeness (QED) is 0.186. The highest BCUT2D eigenvalue weighted by Crippen LogP contribution is 2.37. The van der Waals surface area contributed by atoms with Gasteiger partial charge in [0, 0.05) is 48.7 Å². The second-order valence-electron chi connectivity index (χ2n) is 11.0. The van der Waals surface area contributed by atoms with E-state index in [0.29, 0.717) is 48.4 Å². The molecule has 6 rings (SSSR count). The molecule has 0 spiro atoms. The molecule has 10 nitrogen and oxygen atoms in total. The van der Waals surface area contributed by atoms with Gasteiger partial charge in [-0.05, 0) is 42.4 Å². The molecule has 2 aromatic heterocycles. The van der Waals surface area contributed by atoms with Crippen molar-refractivity contribution in [2.24, 2.45) is 0 Å². The van der Waals surface area contributed by atoms with Gasteiger partial charge in [-0.15, -0.1) is 0 Å². The number of likely N-dealkylation sites (N-methyl/N-ethyl adjacent to an activating group) is 2. The van der Waals surface area contributed by atoms with Crippen LogP contribution in [0.2, 0.25) is 0 Å². The van der Waals surface area contributed by atoms with E-state index in [1.807, 2.05) is 72.6 Å². The molecule has 0 unspecified atom stereocenters. The molecule has 0 aliphatic rings. The lowest BCUT2D eigenvalue weighted by molar-refractivity contribution is -0.129. The Morgan fingerprint density at radius 1 is 0.867 bits per heavy atom. The van der Waals surface area contributed by atoms with E-state index >= 15 is 0 Å². The van der Waals surface area contributed by atoms with Gasteiger partial charge in [0.1, 0.15) is 12.4 Å². The minimum atomic E-state index is 0.0350. The van der Waals surface area contributed by atoms with Crippen LogP contribution in [0.25, 0.3) is 44.3 Å². The van der Waals surface area contributed by atoms with E-state index in [0.717, 1.165) is 38.7 Å². The molecule has 1 amide bonds. The van der Waals surface area contributed by atoms with Crippen molar-refractivity contribution in [3.8, 4) is 34.0 Å². The Labute approximate surface area is 261 Å². The summed E-state index contributed by atoms with van der Waals surface area (Å²) in [6, 6.07) is 28.3. The Morgan fingerprint density at radius 2 is 1.62 bits per heavy atom. The largest absolute Gasteiger partial charge is 0.493 e. The average molecular weight is 602 g/mol. The molecular formula is C35H35N7O3. The predicted octanol–water partition coefficient (Wildman–Crippen LogP) is 5.99. The molecule has 10 heteroatoms. The zero-order valence-corrected chi connectivity index (χ0v) is 25.7. The highest BCUT2D eigenvalue weighted by atomic mass is 16.5. The van der Waals surface area contributed by atoms with E-state index in [1.54, 1.807) is 32.3 Å². The minimum Gasteiger partial charge on any atom is -0.493 e. The molecule has 45 heavy (non-hydrogen) atoms. The number of benzene rings is 4. The van der Waals surface area contributed by atoms with Gasteiger partial charge in [0.2, 0.25) is 5.91 Å². The van der Waals surface area contributed by atoms with Gasteiger partial charge in [-0.2, -0.15) is 5.10 Å². The van der Waals surface area contributed by atoms with Gasteiger partial charge in [0.15, 0.2) is 17.3 Å². The molecule has 0 bridgehead atoms. The summed E-state index contributed by atoms with van der Waals surface area (Å²) in [4.78, 5) is 25.5. The number of nitrogens with one attached hydrogen (secondary N) is 2. The van der Waals surface area contributed by atoms with Crippen molar-refractivity contribution in [1.29, 1.82) is 0 Å². The first-order valence-corrected chi connectivity index (χ1v) is 14.7. The van der Waals surface area contributed by atoms with Crippen LogP contribution < -0.4 is 14.8 Å². The number of fused-ring (bicyclic) bond motifs is 2. The van der Waals surface area contributed by atoms with E-state index in [2.05, 4.69) is 39.8 Å². The Hall–Kier alpha value is -5.48. The highest BCUT2D eigenvalue weighted by Gasteiger charge is 2.16. The summed E-state index contributed by atoms with van der Waals surface area (Å²) in [5.74, 6) is 2.37. The normalized spacial score (nSPS) is 11.2. The maximum atomic E-state index is 12.1. The van der Waals surface area contributed by atoms with Crippen LogP contribution in [0.5, 0.6) is 11.5 Å². The summed E-state index contributed by atoms with van der Waals surface area (Å²) in [5, 5.41) is 12.4. The zero-order valence-electron chi connectivity index (χ0n) is 25.7. The van der Waals surface area contributed by atoms with E-state index in [4.69, 9.17) is 19.4 Å². The Kier molecular flexibility index (Phi) is 8.56. The second kappa shape index (κ2) is 13.0. The average Bonchev–Trinajstić information content (AvgIpc) is 3.53. The molecule has 4 aromatic carbocycles. The topological polar surface area (TPSA) is 108 Å². The third-order valence-electron chi connectivity index (χ3n) is 7.57. The summed E-state index contributed by atoms with van der Waals surface area (Å²) in [6.45, 7) is 1.24. The van der Waals surface area contributed by atoms with Crippen LogP contribution in [0.1, 0.15) is 0 Å². The van der Waals surface area contributed by atoms with Gasteiger partial charge in [-0.3, -0.25) is 14.8 Å². The van der Waals surface area contributed by atoms with Crippen LogP contribution >= 0.6 is 0 Å². The summed E-state index contributed by atoms with van der Waals surface area (Å²) >= 11 is 0. The summed E-state index contributed by atoms with van der Waals surface area (Å²) < 4.78 is 11.9. The molecule has 2 heterocycles. The lowest BCUT2D eigenvalue weighted by atomic mass is 10.0. The van der Waals surface area contributed by atoms with Crippen LogP contribution in [0.3, 0.4) is 0 Å². The lowest BCUT2D eigenvalue weighted by Gasteiger charge is -2.20. The van der Waals surface area contributed by atoms with Crippen molar-refractivity contribution < 1.29 is 14.3 Å². The molecule has 6 aromatic rings. The van der Waals surface area contributed by atoms with Gasteiger partial charge >= 0.3 is 0 Å². The summed E-state index contributed by atoms with van der Waals surface area (Å²) in [7, 11) is 7.00. The van der Waals surface area contributed by atoms with Crippen molar-refractivity contribution in [3.63, 3.8) is 0 Å². The van der Waals surface area contributed by atoms with Crippen LogP contribution in [0.4, 0.5) is 11.5 Å². The van der Waals surface area contributed by atoms with Crippen LogP contribution in [0.15, 0.2) is 91.1 Å². The van der Waals surface area contributed by atoms with Gasteiger partial charge in [0.25, 0.3) is 0 Å². The van der Waals surface area contributed by atoms with Gasteiger partial charge in [0.05, 0.1) is 30.9 Å². The van der Waals surface area contributed by atoms with Crippen molar-refractivity contribution in [1.82, 2.24) is 30.0 Å². The van der Waals surface area contributed by atoms with E-state index in [-0.39, 0.29) is 5.91 Å². The number of H-pyrrole nitrogens is 1. The fourth-order valence-electron chi connectivity index (χ4n) is 5.00. The number of nitrogens with zero attached hydrogens (tertiary/aromatic N) is 5. The number of anilines is 2. The third-order valence-corrected chi connectivity index (χ3v) is 7.57. The number of carbonyl (C=O) groups excluding carboxylic acids is 1. The number of methoxy groups -OCH3 is 1. The van der Waals surface area contributed by atoms with Crippen LogP contribution in [-0.2, 0) is 4.79 Å². The number of amides is 1. The van der Waals surface area contributed by atoms with Crippen LogP contribution in [0, 0.1) is 0 Å². The Morgan fingerprint density at radius 3 is 2.38 bits per heavy atom. The van der Waals surface area contributed by atoms with E-state index in [9.17, 15) is 4.79 Å².